The first-order chi connectivity index (χ1) is 6.90. The van der Waals surface area contributed by atoms with Crippen molar-refractivity contribution in [1.29, 1.82) is 0 Å². The highest BCUT2D eigenvalue weighted by atomic mass is 32.1. The molecule has 2 aromatic rings. The summed E-state index contributed by atoms with van der Waals surface area (Å²) < 4.78 is 2.09. The number of hydrogen-bond acceptors (Lipinski definition) is 3. The molecule has 0 spiro atoms. The highest BCUT2D eigenvalue weighted by Crippen LogP contribution is 2.11. The molecule has 0 aliphatic rings. The van der Waals surface area contributed by atoms with E-state index < -0.39 is 0 Å². The second kappa shape index (κ2) is 4.28. The van der Waals surface area contributed by atoms with Crippen molar-refractivity contribution in [1.82, 2.24) is 9.55 Å². The molecule has 2 aromatic heterocycles. The molecule has 0 aromatic carbocycles. The van der Waals surface area contributed by atoms with E-state index in [2.05, 4.69) is 39.3 Å². The Morgan fingerprint density at radius 3 is 3.21 bits per heavy atom. The van der Waals surface area contributed by atoms with Crippen molar-refractivity contribution >= 4 is 17.3 Å². The predicted octanol–water partition coefficient (Wildman–Crippen LogP) is 2.58. The Balaban J connectivity index is 1.98. The van der Waals surface area contributed by atoms with Gasteiger partial charge in [-0.1, -0.05) is 6.07 Å². The van der Waals surface area contributed by atoms with E-state index in [0.717, 1.165) is 19.0 Å². The lowest BCUT2D eigenvalue weighted by Gasteiger charge is -2.05. The number of imidazole rings is 1. The Hall–Kier alpha value is -1.29. The molecule has 3 nitrogen and oxygen atoms in total. The van der Waals surface area contributed by atoms with Crippen LogP contribution in [0.2, 0.25) is 0 Å². The van der Waals surface area contributed by atoms with Crippen LogP contribution in [-0.4, -0.2) is 9.55 Å². The predicted molar refractivity (Wildman–Crippen MR) is 59.5 cm³/mol. The third-order valence-electron chi connectivity index (χ3n) is 2.06. The molecule has 74 valence electrons. The van der Waals surface area contributed by atoms with Gasteiger partial charge in [0.1, 0.15) is 0 Å². The van der Waals surface area contributed by atoms with Gasteiger partial charge in [-0.25, -0.2) is 4.98 Å². The molecule has 0 aliphatic carbocycles. The topological polar surface area (TPSA) is 29.9 Å². The van der Waals surface area contributed by atoms with Crippen molar-refractivity contribution in [3.05, 3.63) is 34.8 Å². The number of hydrogen-bond donors (Lipinski definition) is 1. The molecule has 0 saturated heterocycles. The van der Waals surface area contributed by atoms with Crippen LogP contribution in [0.4, 0.5) is 5.95 Å². The summed E-state index contributed by atoms with van der Waals surface area (Å²) in [5.41, 5.74) is 0. The highest BCUT2D eigenvalue weighted by molar-refractivity contribution is 7.09. The number of nitrogens with zero attached hydrogens (tertiary/aromatic N) is 2. The van der Waals surface area contributed by atoms with Gasteiger partial charge in [0.2, 0.25) is 5.95 Å². The first kappa shape index (κ1) is 9.27. The summed E-state index contributed by atoms with van der Waals surface area (Å²) in [5, 5.41) is 5.40. The van der Waals surface area contributed by atoms with Crippen LogP contribution < -0.4 is 5.32 Å². The fourth-order valence-electron chi connectivity index (χ4n) is 1.31. The minimum absolute atomic E-state index is 0.856. The molecule has 0 atom stereocenters. The molecule has 2 rings (SSSR count). The van der Waals surface area contributed by atoms with Crippen LogP contribution in [0.5, 0.6) is 0 Å². The summed E-state index contributed by atoms with van der Waals surface area (Å²) in [6, 6.07) is 4.19. The van der Waals surface area contributed by atoms with Crippen molar-refractivity contribution in [2.24, 2.45) is 0 Å². The van der Waals surface area contributed by atoms with Gasteiger partial charge in [0.25, 0.3) is 0 Å². The molecular formula is C10H13N3S. The normalized spacial score (nSPS) is 10.4. The van der Waals surface area contributed by atoms with E-state index in [0.29, 0.717) is 0 Å². The third-order valence-corrected chi connectivity index (χ3v) is 2.93. The Bertz CT molecular complexity index is 378. The van der Waals surface area contributed by atoms with Gasteiger partial charge in [-0.05, 0) is 18.4 Å². The minimum atomic E-state index is 0.856. The largest absolute Gasteiger partial charge is 0.351 e. The average molecular weight is 207 g/mol. The smallest absolute Gasteiger partial charge is 0.203 e. The molecule has 0 bridgehead atoms. The van der Waals surface area contributed by atoms with Gasteiger partial charge in [0, 0.05) is 23.8 Å². The fraction of sp³-hybridized carbons (Fsp3) is 0.300. The van der Waals surface area contributed by atoms with Crippen LogP contribution in [0.25, 0.3) is 0 Å². The summed E-state index contributed by atoms with van der Waals surface area (Å²) in [7, 11) is 0. The Kier molecular flexibility index (Phi) is 2.84. The third kappa shape index (κ3) is 1.96. The number of thiophene rings is 1. The number of rotatable bonds is 4. The van der Waals surface area contributed by atoms with E-state index in [9.17, 15) is 0 Å². The van der Waals surface area contributed by atoms with Crippen molar-refractivity contribution < 1.29 is 0 Å². The van der Waals surface area contributed by atoms with Gasteiger partial charge in [-0.3, -0.25) is 0 Å². The van der Waals surface area contributed by atoms with Gasteiger partial charge in [-0.2, -0.15) is 0 Å². The van der Waals surface area contributed by atoms with Crippen LogP contribution in [0.3, 0.4) is 0 Å². The van der Waals surface area contributed by atoms with E-state index in [-0.39, 0.29) is 0 Å². The number of aromatic nitrogens is 2. The standard InChI is InChI=1S/C10H13N3S/c1-2-13-6-5-11-10(13)12-8-9-4-3-7-14-9/h3-7H,2,8H2,1H3,(H,11,12). The zero-order valence-electron chi connectivity index (χ0n) is 8.10. The summed E-state index contributed by atoms with van der Waals surface area (Å²) >= 11 is 1.76. The second-order valence-corrected chi connectivity index (χ2v) is 4.00. The highest BCUT2D eigenvalue weighted by Gasteiger charge is 1.99. The maximum absolute atomic E-state index is 4.24. The molecule has 2 heterocycles. The zero-order valence-corrected chi connectivity index (χ0v) is 8.92. The number of anilines is 1. The molecule has 14 heavy (non-hydrogen) atoms. The second-order valence-electron chi connectivity index (χ2n) is 2.97. The van der Waals surface area contributed by atoms with Crippen molar-refractivity contribution in [2.75, 3.05) is 5.32 Å². The molecule has 1 N–H and O–H groups in total. The monoisotopic (exact) mass is 207 g/mol. The Labute approximate surface area is 87.4 Å². The maximum atomic E-state index is 4.24. The van der Waals surface area contributed by atoms with Crippen LogP contribution >= 0.6 is 11.3 Å². The van der Waals surface area contributed by atoms with Gasteiger partial charge in [0.05, 0.1) is 6.54 Å². The first-order valence-electron chi connectivity index (χ1n) is 4.67. The quantitative estimate of drug-likeness (QED) is 0.835. The van der Waals surface area contributed by atoms with Gasteiger partial charge in [0.15, 0.2) is 0 Å². The molecule has 0 amide bonds. The summed E-state index contributed by atoms with van der Waals surface area (Å²) in [4.78, 5) is 5.57. The molecule has 4 heteroatoms. The summed E-state index contributed by atoms with van der Waals surface area (Å²) in [6.45, 7) is 3.92. The van der Waals surface area contributed by atoms with Crippen molar-refractivity contribution in [3.63, 3.8) is 0 Å². The van der Waals surface area contributed by atoms with Crippen LogP contribution in [0, 0.1) is 0 Å². The first-order valence-corrected chi connectivity index (χ1v) is 5.55. The van der Waals surface area contributed by atoms with Crippen LogP contribution in [-0.2, 0) is 13.1 Å². The minimum Gasteiger partial charge on any atom is -0.351 e. The van der Waals surface area contributed by atoms with E-state index in [1.54, 1.807) is 11.3 Å². The van der Waals surface area contributed by atoms with E-state index in [1.807, 2.05) is 12.4 Å². The number of nitrogens with one attached hydrogen (secondary N) is 1. The van der Waals surface area contributed by atoms with Crippen molar-refractivity contribution in [3.8, 4) is 0 Å². The Morgan fingerprint density at radius 2 is 2.50 bits per heavy atom. The SMILES string of the molecule is CCn1ccnc1NCc1cccs1. The average Bonchev–Trinajstić information content (AvgIpc) is 2.85. The fourth-order valence-corrected chi connectivity index (χ4v) is 1.96. The van der Waals surface area contributed by atoms with E-state index >= 15 is 0 Å². The molecule has 0 saturated carbocycles. The molecule has 0 aliphatic heterocycles. The van der Waals surface area contributed by atoms with Crippen LogP contribution in [0.15, 0.2) is 29.9 Å². The lowest BCUT2D eigenvalue weighted by molar-refractivity contribution is 0.764. The lowest BCUT2D eigenvalue weighted by Crippen LogP contribution is -2.05. The zero-order chi connectivity index (χ0) is 9.80. The molecule has 0 unspecified atom stereocenters. The van der Waals surface area contributed by atoms with Gasteiger partial charge < -0.3 is 9.88 Å². The number of aryl methyl sites for hydroxylation is 1. The summed E-state index contributed by atoms with van der Waals surface area (Å²) in [5.74, 6) is 0.945. The maximum Gasteiger partial charge on any atom is 0.203 e. The van der Waals surface area contributed by atoms with Crippen molar-refractivity contribution in [2.45, 2.75) is 20.0 Å². The van der Waals surface area contributed by atoms with Gasteiger partial charge >= 0.3 is 0 Å². The molecule has 0 fully saturated rings. The Morgan fingerprint density at radius 1 is 1.57 bits per heavy atom. The lowest BCUT2D eigenvalue weighted by atomic mass is 10.5. The molecular weight excluding hydrogens is 194 g/mol. The summed E-state index contributed by atoms with van der Waals surface area (Å²) in [6.07, 6.45) is 3.80. The van der Waals surface area contributed by atoms with Crippen LogP contribution in [0.1, 0.15) is 11.8 Å². The van der Waals surface area contributed by atoms with E-state index in [4.69, 9.17) is 0 Å². The van der Waals surface area contributed by atoms with E-state index in [1.165, 1.54) is 4.88 Å². The molecule has 0 radical (unpaired) electrons. The van der Waals surface area contributed by atoms with Gasteiger partial charge in [-0.15, -0.1) is 11.3 Å².